The predicted octanol–water partition coefficient (Wildman–Crippen LogP) is 3.53. The lowest BCUT2D eigenvalue weighted by molar-refractivity contribution is -0.119. The van der Waals surface area contributed by atoms with Crippen LogP contribution in [-0.2, 0) is 9.59 Å². The average Bonchev–Trinajstić information content (AvgIpc) is 2.62. The normalized spacial score (nSPS) is 14.3. The summed E-state index contributed by atoms with van der Waals surface area (Å²) in [7, 11) is 0. The van der Waals surface area contributed by atoms with Gasteiger partial charge in [0.2, 0.25) is 5.91 Å². The van der Waals surface area contributed by atoms with Crippen LogP contribution >= 0.6 is 0 Å². The molecular formula is C20H22N2O3. The molecule has 2 amide bonds. The molecule has 0 spiro atoms. The summed E-state index contributed by atoms with van der Waals surface area (Å²) in [5.41, 5.74) is 2.70. The van der Waals surface area contributed by atoms with Crippen LogP contribution in [0.5, 0.6) is 5.75 Å². The van der Waals surface area contributed by atoms with Crippen LogP contribution < -0.4 is 15.0 Å². The first-order chi connectivity index (χ1) is 12.1. The molecule has 0 radical (unpaired) electrons. The van der Waals surface area contributed by atoms with Crippen molar-refractivity contribution in [3.63, 3.8) is 0 Å². The molecule has 1 heterocycles. The molecule has 5 nitrogen and oxygen atoms in total. The van der Waals surface area contributed by atoms with Gasteiger partial charge in [-0.05, 0) is 56.2 Å². The maximum absolute atomic E-state index is 12.0. The Morgan fingerprint density at radius 2 is 1.80 bits per heavy atom. The van der Waals surface area contributed by atoms with Gasteiger partial charge < -0.3 is 15.0 Å². The molecule has 0 unspecified atom stereocenters. The highest BCUT2D eigenvalue weighted by atomic mass is 16.5. The maximum Gasteiger partial charge on any atom is 0.262 e. The maximum atomic E-state index is 12.0. The number of hydrogen-bond acceptors (Lipinski definition) is 3. The highest BCUT2D eigenvalue weighted by Gasteiger charge is 2.19. The van der Waals surface area contributed by atoms with E-state index in [2.05, 4.69) is 5.32 Å². The number of rotatable bonds is 5. The standard InChI is InChI=1S/C20H22N2O3/c1-15-5-11-18(12-6-15)25-14-19(23)21-16-7-9-17(10-8-16)22-13-3-2-4-20(22)24/h5-12H,2-4,13-14H2,1H3,(H,21,23). The summed E-state index contributed by atoms with van der Waals surface area (Å²) >= 11 is 0. The summed E-state index contributed by atoms with van der Waals surface area (Å²) in [5.74, 6) is 0.608. The second-order valence-electron chi connectivity index (χ2n) is 6.20. The van der Waals surface area contributed by atoms with Gasteiger partial charge in [-0.1, -0.05) is 17.7 Å². The van der Waals surface area contributed by atoms with Crippen LogP contribution in [0.25, 0.3) is 0 Å². The van der Waals surface area contributed by atoms with Gasteiger partial charge in [-0.15, -0.1) is 0 Å². The molecular weight excluding hydrogens is 316 g/mol. The quantitative estimate of drug-likeness (QED) is 0.907. The Morgan fingerprint density at radius 1 is 1.08 bits per heavy atom. The molecule has 1 aliphatic heterocycles. The topological polar surface area (TPSA) is 58.6 Å². The molecule has 0 saturated carbocycles. The lowest BCUT2D eigenvalue weighted by atomic mass is 10.1. The van der Waals surface area contributed by atoms with Crippen molar-refractivity contribution in [2.45, 2.75) is 26.2 Å². The monoisotopic (exact) mass is 338 g/mol. The highest BCUT2D eigenvalue weighted by molar-refractivity contribution is 5.95. The molecule has 0 aromatic heterocycles. The minimum Gasteiger partial charge on any atom is -0.484 e. The van der Waals surface area contributed by atoms with Crippen molar-refractivity contribution in [2.24, 2.45) is 0 Å². The van der Waals surface area contributed by atoms with Crippen LogP contribution in [0.15, 0.2) is 48.5 Å². The van der Waals surface area contributed by atoms with Gasteiger partial charge in [0.25, 0.3) is 5.91 Å². The number of amides is 2. The molecule has 25 heavy (non-hydrogen) atoms. The first-order valence-electron chi connectivity index (χ1n) is 8.51. The van der Waals surface area contributed by atoms with Crippen molar-refractivity contribution in [1.29, 1.82) is 0 Å². The van der Waals surface area contributed by atoms with Crippen molar-refractivity contribution in [1.82, 2.24) is 0 Å². The fraction of sp³-hybridized carbons (Fsp3) is 0.300. The smallest absolute Gasteiger partial charge is 0.262 e. The van der Waals surface area contributed by atoms with Crippen LogP contribution in [0.1, 0.15) is 24.8 Å². The van der Waals surface area contributed by atoms with Gasteiger partial charge in [0.05, 0.1) is 0 Å². The zero-order valence-electron chi connectivity index (χ0n) is 14.3. The van der Waals surface area contributed by atoms with E-state index in [4.69, 9.17) is 4.74 Å². The van der Waals surface area contributed by atoms with Crippen LogP contribution in [0.2, 0.25) is 0 Å². The summed E-state index contributed by atoms with van der Waals surface area (Å²) in [6.45, 7) is 2.71. The molecule has 3 rings (SSSR count). The van der Waals surface area contributed by atoms with Crippen molar-refractivity contribution < 1.29 is 14.3 Å². The largest absolute Gasteiger partial charge is 0.484 e. The third-order valence-electron chi connectivity index (χ3n) is 4.18. The summed E-state index contributed by atoms with van der Waals surface area (Å²) in [5, 5.41) is 2.80. The lowest BCUT2D eigenvalue weighted by Gasteiger charge is -2.26. The van der Waals surface area contributed by atoms with Gasteiger partial charge in [-0.25, -0.2) is 0 Å². The number of hydrogen-bond donors (Lipinski definition) is 1. The van der Waals surface area contributed by atoms with E-state index in [-0.39, 0.29) is 18.4 Å². The number of aryl methyl sites for hydroxylation is 1. The third-order valence-corrected chi connectivity index (χ3v) is 4.18. The van der Waals surface area contributed by atoms with E-state index < -0.39 is 0 Å². The van der Waals surface area contributed by atoms with E-state index in [1.54, 1.807) is 17.0 Å². The number of nitrogens with zero attached hydrogens (tertiary/aromatic N) is 1. The second-order valence-corrected chi connectivity index (χ2v) is 6.20. The second kappa shape index (κ2) is 7.83. The molecule has 2 aromatic rings. The Labute approximate surface area is 147 Å². The first-order valence-corrected chi connectivity index (χ1v) is 8.51. The molecule has 1 fully saturated rings. The molecule has 0 aliphatic carbocycles. The van der Waals surface area contributed by atoms with Crippen molar-refractivity contribution in [3.05, 3.63) is 54.1 Å². The Balaban J connectivity index is 1.53. The molecule has 5 heteroatoms. The summed E-state index contributed by atoms with van der Waals surface area (Å²) in [6, 6.07) is 14.9. The van der Waals surface area contributed by atoms with Gasteiger partial charge >= 0.3 is 0 Å². The van der Waals surface area contributed by atoms with Gasteiger partial charge in [0.1, 0.15) is 5.75 Å². The van der Waals surface area contributed by atoms with Crippen LogP contribution in [-0.4, -0.2) is 25.0 Å². The van der Waals surface area contributed by atoms with Crippen LogP contribution in [0.4, 0.5) is 11.4 Å². The number of piperidine rings is 1. The summed E-state index contributed by atoms with van der Waals surface area (Å²) in [4.78, 5) is 25.7. The zero-order chi connectivity index (χ0) is 17.6. The Kier molecular flexibility index (Phi) is 5.33. The number of nitrogens with one attached hydrogen (secondary N) is 1. The lowest BCUT2D eigenvalue weighted by Crippen LogP contribution is -2.35. The fourth-order valence-electron chi connectivity index (χ4n) is 2.78. The minimum atomic E-state index is -0.220. The predicted molar refractivity (Wildman–Crippen MR) is 97.9 cm³/mol. The molecule has 1 aliphatic rings. The molecule has 1 N–H and O–H groups in total. The van der Waals surface area contributed by atoms with Gasteiger partial charge in [0, 0.05) is 24.3 Å². The molecule has 0 bridgehead atoms. The highest BCUT2D eigenvalue weighted by Crippen LogP contribution is 2.22. The van der Waals surface area contributed by atoms with E-state index >= 15 is 0 Å². The summed E-state index contributed by atoms with van der Waals surface area (Å²) < 4.78 is 5.46. The van der Waals surface area contributed by atoms with Gasteiger partial charge in [-0.2, -0.15) is 0 Å². The number of carbonyl (C=O) groups is 2. The molecule has 1 saturated heterocycles. The zero-order valence-corrected chi connectivity index (χ0v) is 14.3. The minimum absolute atomic E-state index is 0.0462. The number of anilines is 2. The first kappa shape index (κ1) is 17.0. The number of benzene rings is 2. The Hall–Kier alpha value is -2.82. The van der Waals surface area contributed by atoms with Crippen molar-refractivity contribution in [2.75, 3.05) is 23.4 Å². The van der Waals surface area contributed by atoms with E-state index in [9.17, 15) is 9.59 Å². The van der Waals surface area contributed by atoms with Crippen molar-refractivity contribution >= 4 is 23.2 Å². The SMILES string of the molecule is Cc1ccc(OCC(=O)Nc2ccc(N3CCCCC3=O)cc2)cc1. The Bertz CT molecular complexity index is 739. The Morgan fingerprint density at radius 3 is 2.48 bits per heavy atom. The van der Waals surface area contributed by atoms with E-state index in [0.29, 0.717) is 17.9 Å². The molecule has 130 valence electrons. The fourth-order valence-corrected chi connectivity index (χ4v) is 2.78. The van der Waals surface area contributed by atoms with E-state index in [1.807, 2.05) is 43.3 Å². The van der Waals surface area contributed by atoms with Gasteiger partial charge in [0.15, 0.2) is 6.61 Å². The van der Waals surface area contributed by atoms with E-state index in [0.717, 1.165) is 30.6 Å². The van der Waals surface area contributed by atoms with Crippen LogP contribution in [0.3, 0.4) is 0 Å². The van der Waals surface area contributed by atoms with E-state index in [1.165, 1.54) is 0 Å². The van der Waals surface area contributed by atoms with Crippen molar-refractivity contribution in [3.8, 4) is 5.75 Å². The number of ether oxygens (including phenoxy) is 1. The molecule has 0 atom stereocenters. The van der Waals surface area contributed by atoms with Gasteiger partial charge in [-0.3, -0.25) is 9.59 Å². The average molecular weight is 338 g/mol. The third kappa shape index (κ3) is 4.59. The van der Waals surface area contributed by atoms with Crippen LogP contribution in [0, 0.1) is 6.92 Å². The number of carbonyl (C=O) groups excluding carboxylic acids is 2. The molecule has 2 aromatic carbocycles. The summed E-state index contributed by atoms with van der Waals surface area (Å²) in [6.07, 6.45) is 2.60.